The molecule has 0 aromatic heterocycles. The molecule has 0 atom stereocenters. The average molecular weight is 212 g/mol. The van der Waals surface area contributed by atoms with Crippen molar-refractivity contribution in [2.75, 3.05) is 12.3 Å². The molecule has 1 amide bonds. The van der Waals surface area contributed by atoms with Crippen molar-refractivity contribution in [1.82, 2.24) is 5.32 Å². The fraction of sp³-hybridized carbons (Fsp3) is 0.200. The van der Waals surface area contributed by atoms with Crippen molar-refractivity contribution in [2.45, 2.75) is 6.42 Å². The molecule has 0 spiro atoms. The van der Waals surface area contributed by atoms with Gasteiger partial charge in [0.1, 0.15) is 0 Å². The molecule has 0 radical (unpaired) electrons. The van der Waals surface area contributed by atoms with Gasteiger partial charge < -0.3 is 16.2 Å². The van der Waals surface area contributed by atoms with Gasteiger partial charge in [-0.2, -0.15) is 0 Å². The van der Waals surface area contributed by atoms with Crippen LogP contribution in [-0.4, -0.2) is 23.5 Å². The smallest absolute Gasteiger partial charge is 0.305 e. The molecule has 1 aromatic carbocycles. The summed E-state index contributed by atoms with van der Waals surface area (Å²) in [7, 11) is 0. The molecular weight excluding hydrogens is 196 g/mol. The van der Waals surface area contributed by atoms with E-state index >= 15 is 0 Å². The van der Waals surface area contributed by atoms with Gasteiger partial charge in [0.05, 0.1) is 11.9 Å². The zero-order chi connectivity index (χ0) is 14.7. The zero-order valence-electron chi connectivity index (χ0n) is 11.8. The Bertz CT molecular complexity index is 519. The normalized spacial score (nSPS) is 13.3. The molecular formula is C10H12N2O3. The van der Waals surface area contributed by atoms with Crippen LogP contribution in [0.15, 0.2) is 24.2 Å². The highest BCUT2D eigenvalue weighted by molar-refractivity contribution is 5.94. The summed E-state index contributed by atoms with van der Waals surface area (Å²) in [6, 6.07) is -2.09. The summed E-state index contributed by atoms with van der Waals surface area (Å²) in [5.41, 5.74) is 4.58. The molecule has 5 heteroatoms. The largest absolute Gasteiger partial charge is 0.481 e. The number of benzene rings is 1. The first-order chi connectivity index (χ1) is 8.77. The second-order valence-electron chi connectivity index (χ2n) is 2.69. The molecule has 1 rings (SSSR count). The van der Waals surface area contributed by atoms with Crippen LogP contribution in [-0.2, 0) is 4.79 Å². The second kappa shape index (κ2) is 4.99. The molecule has 0 unspecified atom stereocenters. The lowest BCUT2D eigenvalue weighted by Gasteiger charge is -2.03. The fourth-order valence-corrected chi connectivity index (χ4v) is 0.807. The molecule has 80 valence electrons. The van der Waals surface area contributed by atoms with Crippen molar-refractivity contribution < 1.29 is 20.2 Å². The first-order valence-corrected chi connectivity index (χ1v) is 4.13. The van der Waals surface area contributed by atoms with Crippen LogP contribution in [0.5, 0.6) is 0 Å². The van der Waals surface area contributed by atoms with E-state index in [-0.39, 0.29) is 18.7 Å². The predicted octanol–water partition coefficient (Wildman–Crippen LogP) is 0.473. The third-order valence-corrected chi connectivity index (χ3v) is 1.50. The summed E-state index contributed by atoms with van der Waals surface area (Å²) in [5.74, 6) is -1.96. The summed E-state index contributed by atoms with van der Waals surface area (Å²) in [4.78, 5) is 22.0. The third kappa shape index (κ3) is 3.68. The lowest BCUT2D eigenvalue weighted by Crippen LogP contribution is -2.25. The molecule has 0 aliphatic heterocycles. The number of amides is 1. The molecule has 0 bridgehead atoms. The van der Waals surface area contributed by atoms with Crippen LogP contribution in [0.4, 0.5) is 5.69 Å². The standard InChI is InChI=1S/C10H12N2O3/c11-8-3-1-7(2-4-8)10(15)12-6-5-9(13)14/h1-4H,5-6,11H2,(H,12,15)(H,13,14)/i1D,2D,3D,4D. The number of anilines is 1. The van der Waals surface area contributed by atoms with Gasteiger partial charge in [-0.25, -0.2) is 0 Å². The lowest BCUT2D eigenvalue weighted by atomic mass is 10.2. The van der Waals surface area contributed by atoms with Gasteiger partial charge in [-0.3, -0.25) is 9.59 Å². The van der Waals surface area contributed by atoms with Crippen LogP contribution < -0.4 is 11.1 Å². The van der Waals surface area contributed by atoms with Crippen molar-refractivity contribution in [3.05, 3.63) is 29.7 Å². The van der Waals surface area contributed by atoms with E-state index in [4.69, 9.17) is 16.3 Å². The molecule has 0 heterocycles. The van der Waals surface area contributed by atoms with E-state index in [1.165, 1.54) is 0 Å². The monoisotopic (exact) mass is 212 g/mol. The Balaban J connectivity index is 3.07. The molecule has 5 nitrogen and oxygen atoms in total. The minimum absolute atomic E-state index is 0.169. The molecule has 15 heavy (non-hydrogen) atoms. The highest BCUT2D eigenvalue weighted by atomic mass is 16.4. The predicted molar refractivity (Wildman–Crippen MR) is 55.4 cm³/mol. The van der Waals surface area contributed by atoms with Gasteiger partial charge in [0.25, 0.3) is 5.91 Å². The minimum Gasteiger partial charge on any atom is -0.481 e. The van der Waals surface area contributed by atoms with Gasteiger partial charge in [-0.1, -0.05) is 0 Å². The van der Waals surface area contributed by atoms with Gasteiger partial charge in [0, 0.05) is 17.8 Å². The third-order valence-electron chi connectivity index (χ3n) is 1.50. The van der Waals surface area contributed by atoms with Crippen LogP contribution in [0.1, 0.15) is 22.3 Å². The maximum absolute atomic E-state index is 11.7. The number of carboxylic acids is 1. The SMILES string of the molecule is [2H]c1c([2H])c(C(=O)NCCC(=O)O)c([2H])c([2H])c1N. The van der Waals surface area contributed by atoms with Gasteiger partial charge in [0.2, 0.25) is 0 Å². The Morgan fingerprint density at radius 2 is 2.00 bits per heavy atom. The number of rotatable bonds is 4. The number of carboxylic acid groups (broad SMARTS) is 1. The molecule has 4 N–H and O–H groups in total. The Morgan fingerprint density at radius 1 is 1.40 bits per heavy atom. The molecule has 0 saturated carbocycles. The molecule has 0 aliphatic rings. The van der Waals surface area contributed by atoms with E-state index in [0.29, 0.717) is 0 Å². The zero-order valence-corrected chi connectivity index (χ0v) is 7.76. The van der Waals surface area contributed by atoms with Gasteiger partial charge in [0.15, 0.2) is 0 Å². The Labute approximate surface area is 92.5 Å². The highest BCUT2D eigenvalue weighted by Gasteiger charge is 2.04. The van der Waals surface area contributed by atoms with Crippen molar-refractivity contribution in [2.24, 2.45) is 0 Å². The molecule has 0 fully saturated rings. The summed E-state index contributed by atoms with van der Waals surface area (Å²) in [6.45, 7) is -0.169. The second-order valence-corrected chi connectivity index (χ2v) is 2.69. The Kier molecular flexibility index (Phi) is 2.15. The molecule has 1 aromatic rings. The van der Waals surface area contributed by atoms with Crippen LogP contribution in [0.2, 0.25) is 0 Å². The molecule has 0 saturated heterocycles. The first kappa shape index (κ1) is 6.44. The van der Waals surface area contributed by atoms with Gasteiger partial charge in [-0.05, 0) is 24.2 Å². The Morgan fingerprint density at radius 3 is 2.53 bits per heavy atom. The molecule has 0 aliphatic carbocycles. The number of aliphatic carboxylic acids is 1. The van der Waals surface area contributed by atoms with E-state index < -0.39 is 41.6 Å². The van der Waals surface area contributed by atoms with E-state index in [2.05, 4.69) is 5.32 Å². The van der Waals surface area contributed by atoms with Crippen LogP contribution in [0.3, 0.4) is 0 Å². The van der Waals surface area contributed by atoms with Crippen molar-refractivity contribution in [3.8, 4) is 0 Å². The van der Waals surface area contributed by atoms with Crippen molar-refractivity contribution in [1.29, 1.82) is 0 Å². The number of carbonyl (C=O) groups excluding carboxylic acids is 1. The quantitative estimate of drug-likeness (QED) is 0.633. The number of nitrogens with two attached hydrogens (primary N) is 1. The maximum atomic E-state index is 11.7. The maximum Gasteiger partial charge on any atom is 0.305 e. The highest BCUT2D eigenvalue weighted by Crippen LogP contribution is 2.04. The summed E-state index contributed by atoms with van der Waals surface area (Å²) in [6.07, 6.45) is -0.303. The Hall–Kier alpha value is -2.04. The first-order valence-electron chi connectivity index (χ1n) is 6.13. The van der Waals surface area contributed by atoms with Crippen LogP contribution in [0.25, 0.3) is 0 Å². The minimum atomic E-state index is -1.10. The van der Waals surface area contributed by atoms with E-state index in [1.54, 1.807) is 0 Å². The fourth-order valence-electron chi connectivity index (χ4n) is 0.807. The van der Waals surface area contributed by atoms with E-state index in [1.807, 2.05) is 0 Å². The average Bonchev–Trinajstić information content (AvgIpc) is 2.34. The van der Waals surface area contributed by atoms with Crippen molar-refractivity contribution in [3.63, 3.8) is 0 Å². The van der Waals surface area contributed by atoms with E-state index in [9.17, 15) is 9.59 Å². The summed E-state index contributed by atoms with van der Waals surface area (Å²) >= 11 is 0. The lowest BCUT2D eigenvalue weighted by molar-refractivity contribution is -0.136. The topological polar surface area (TPSA) is 92.4 Å². The number of hydrogen-bond donors (Lipinski definition) is 3. The van der Waals surface area contributed by atoms with Crippen LogP contribution in [0, 0.1) is 0 Å². The van der Waals surface area contributed by atoms with Crippen molar-refractivity contribution >= 4 is 17.6 Å². The van der Waals surface area contributed by atoms with E-state index in [0.717, 1.165) is 0 Å². The van der Waals surface area contributed by atoms with Crippen LogP contribution >= 0.6 is 0 Å². The number of nitrogens with one attached hydrogen (secondary N) is 1. The number of hydrogen-bond acceptors (Lipinski definition) is 3. The van der Waals surface area contributed by atoms with Gasteiger partial charge >= 0.3 is 5.97 Å². The van der Waals surface area contributed by atoms with Gasteiger partial charge in [-0.15, -0.1) is 0 Å². The summed E-state index contributed by atoms with van der Waals surface area (Å²) in [5, 5.41) is 10.6. The number of nitrogen functional groups attached to an aromatic ring is 1. The summed E-state index contributed by atoms with van der Waals surface area (Å²) < 4.78 is 30.1. The number of carbonyl (C=O) groups is 2.